The fourth-order valence-corrected chi connectivity index (χ4v) is 3.57. The molecule has 1 saturated heterocycles. The molecular formula is C15H20N2O3S. The second-order valence-electron chi connectivity index (χ2n) is 5.16. The number of benzene rings is 1. The van der Waals surface area contributed by atoms with Gasteiger partial charge in [-0.25, -0.2) is 9.59 Å². The van der Waals surface area contributed by atoms with Crippen molar-refractivity contribution in [3.63, 3.8) is 0 Å². The molecule has 0 aromatic heterocycles. The molecule has 1 aliphatic rings. The van der Waals surface area contributed by atoms with Gasteiger partial charge in [0.25, 0.3) is 0 Å². The number of carbonyl (C=O) groups is 2. The van der Waals surface area contributed by atoms with E-state index in [1.165, 1.54) is 24.7 Å². The maximum absolute atomic E-state index is 11.8. The Bertz CT molecular complexity index is 528. The maximum Gasteiger partial charge on any atom is 0.335 e. The number of rotatable bonds is 4. The van der Waals surface area contributed by atoms with Crippen LogP contribution >= 0.6 is 11.8 Å². The van der Waals surface area contributed by atoms with E-state index in [1.54, 1.807) is 19.1 Å². The largest absolute Gasteiger partial charge is 0.478 e. The second kappa shape index (κ2) is 7.36. The highest BCUT2D eigenvalue weighted by atomic mass is 32.2. The Kier molecular flexibility index (Phi) is 5.50. The zero-order chi connectivity index (χ0) is 15.2. The van der Waals surface area contributed by atoms with Crippen molar-refractivity contribution >= 4 is 29.4 Å². The summed E-state index contributed by atoms with van der Waals surface area (Å²) in [5, 5.41) is 15.1. The van der Waals surface area contributed by atoms with Crippen LogP contribution in [0.15, 0.2) is 18.2 Å². The van der Waals surface area contributed by atoms with Gasteiger partial charge in [0.1, 0.15) is 0 Å². The predicted octanol–water partition coefficient (Wildman–Crippen LogP) is 3.10. The molecule has 114 valence electrons. The molecule has 1 aliphatic heterocycles. The Morgan fingerprint density at radius 1 is 1.38 bits per heavy atom. The molecule has 0 bridgehead atoms. The third kappa shape index (κ3) is 4.67. The van der Waals surface area contributed by atoms with E-state index in [-0.39, 0.29) is 11.6 Å². The Balaban J connectivity index is 1.84. The number of anilines is 1. The fourth-order valence-electron chi connectivity index (χ4n) is 2.33. The number of aromatic carboxylic acids is 1. The summed E-state index contributed by atoms with van der Waals surface area (Å²) in [5.41, 5.74) is 1.48. The van der Waals surface area contributed by atoms with E-state index in [0.717, 1.165) is 6.42 Å². The molecule has 1 fully saturated rings. The Morgan fingerprint density at radius 2 is 2.19 bits per heavy atom. The summed E-state index contributed by atoms with van der Waals surface area (Å²) in [4.78, 5) is 22.8. The van der Waals surface area contributed by atoms with Crippen LogP contribution in [0, 0.1) is 6.92 Å². The lowest BCUT2D eigenvalue weighted by Gasteiger charge is -2.21. The summed E-state index contributed by atoms with van der Waals surface area (Å²) in [7, 11) is 0. The van der Waals surface area contributed by atoms with Crippen LogP contribution in [0.2, 0.25) is 0 Å². The van der Waals surface area contributed by atoms with Crippen molar-refractivity contribution in [2.45, 2.75) is 31.4 Å². The molecule has 3 N–H and O–H groups in total. The molecule has 2 amide bonds. The zero-order valence-corrected chi connectivity index (χ0v) is 12.8. The summed E-state index contributed by atoms with van der Waals surface area (Å²) < 4.78 is 0. The van der Waals surface area contributed by atoms with Gasteiger partial charge in [-0.3, -0.25) is 0 Å². The third-order valence-corrected chi connectivity index (χ3v) is 4.88. The minimum absolute atomic E-state index is 0.247. The van der Waals surface area contributed by atoms with E-state index >= 15 is 0 Å². The smallest absolute Gasteiger partial charge is 0.335 e. The molecule has 0 radical (unpaired) electrons. The van der Waals surface area contributed by atoms with E-state index in [9.17, 15) is 9.59 Å². The molecule has 2 rings (SSSR count). The number of carbonyl (C=O) groups excluding carboxylic acids is 1. The highest BCUT2D eigenvalue weighted by molar-refractivity contribution is 7.99. The molecule has 1 unspecified atom stereocenters. The lowest BCUT2D eigenvalue weighted by Crippen LogP contribution is -2.35. The number of hydrogen-bond acceptors (Lipinski definition) is 3. The molecular weight excluding hydrogens is 288 g/mol. The predicted molar refractivity (Wildman–Crippen MR) is 85.3 cm³/mol. The Labute approximate surface area is 128 Å². The topological polar surface area (TPSA) is 78.4 Å². The van der Waals surface area contributed by atoms with Crippen molar-refractivity contribution in [1.29, 1.82) is 0 Å². The Morgan fingerprint density at radius 3 is 2.81 bits per heavy atom. The molecule has 1 atom stereocenters. The van der Waals surface area contributed by atoms with E-state index in [4.69, 9.17) is 5.11 Å². The molecule has 0 spiro atoms. The van der Waals surface area contributed by atoms with Gasteiger partial charge in [0.15, 0.2) is 0 Å². The van der Waals surface area contributed by atoms with Gasteiger partial charge in [-0.15, -0.1) is 0 Å². The highest BCUT2D eigenvalue weighted by Crippen LogP contribution is 2.24. The van der Waals surface area contributed by atoms with Gasteiger partial charge in [0.2, 0.25) is 0 Å². The van der Waals surface area contributed by atoms with Crippen LogP contribution in [0.25, 0.3) is 0 Å². The van der Waals surface area contributed by atoms with Crippen molar-refractivity contribution in [2.75, 3.05) is 17.6 Å². The van der Waals surface area contributed by atoms with Gasteiger partial charge < -0.3 is 15.7 Å². The number of thioether (sulfide) groups is 1. The minimum atomic E-state index is -0.960. The SMILES string of the molecule is Cc1cc(NC(=O)NCC2CCCCS2)ccc1C(=O)O. The summed E-state index contributed by atoms with van der Waals surface area (Å²) >= 11 is 1.91. The number of aryl methyl sites for hydroxylation is 1. The van der Waals surface area contributed by atoms with Crippen LogP contribution in [0.3, 0.4) is 0 Å². The summed E-state index contributed by atoms with van der Waals surface area (Å²) in [6.07, 6.45) is 3.65. The van der Waals surface area contributed by atoms with Crippen molar-refractivity contribution in [3.05, 3.63) is 29.3 Å². The average molecular weight is 308 g/mol. The van der Waals surface area contributed by atoms with E-state index in [1.807, 2.05) is 11.8 Å². The average Bonchev–Trinajstić information content (AvgIpc) is 2.46. The number of urea groups is 1. The fraction of sp³-hybridized carbons (Fsp3) is 0.467. The summed E-state index contributed by atoms with van der Waals surface area (Å²) in [6, 6.07) is 4.53. The first-order valence-corrected chi connectivity index (χ1v) is 8.11. The number of nitrogens with one attached hydrogen (secondary N) is 2. The lowest BCUT2D eigenvalue weighted by molar-refractivity contribution is 0.0696. The number of amides is 2. The van der Waals surface area contributed by atoms with Crippen LogP contribution in [-0.2, 0) is 0 Å². The van der Waals surface area contributed by atoms with Gasteiger partial charge in [-0.1, -0.05) is 6.42 Å². The first-order valence-electron chi connectivity index (χ1n) is 7.06. The van der Waals surface area contributed by atoms with Crippen LogP contribution in [-0.4, -0.2) is 34.7 Å². The van der Waals surface area contributed by atoms with E-state index < -0.39 is 5.97 Å². The number of hydrogen-bond donors (Lipinski definition) is 3. The summed E-state index contributed by atoms with van der Waals surface area (Å²) in [5.74, 6) is 0.210. The minimum Gasteiger partial charge on any atom is -0.478 e. The molecule has 0 saturated carbocycles. The number of carboxylic acid groups (broad SMARTS) is 1. The monoisotopic (exact) mass is 308 g/mol. The van der Waals surface area contributed by atoms with Crippen LogP contribution < -0.4 is 10.6 Å². The first-order chi connectivity index (χ1) is 10.1. The number of carboxylic acids is 1. The second-order valence-corrected chi connectivity index (χ2v) is 6.57. The standard InChI is InChI=1S/C15H20N2O3S/c1-10-8-11(5-6-13(10)14(18)19)17-15(20)16-9-12-4-2-3-7-21-12/h5-6,8,12H,2-4,7,9H2,1H3,(H,18,19)(H2,16,17,20). The maximum atomic E-state index is 11.8. The molecule has 1 heterocycles. The molecule has 1 aromatic rings. The van der Waals surface area contributed by atoms with Crippen LogP contribution in [0.5, 0.6) is 0 Å². The van der Waals surface area contributed by atoms with Gasteiger partial charge in [-0.2, -0.15) is 11.8 Å². The lowest BCUT2D eigenvalue weighted by atomic mass is 10.1. The molecule has 5 nitrogen and oxygen atoms in total. The van der Waals surface area contributed by atoms with Crippen molar-refractivity contribution in [2.24, 2.45) is 0 Å². The van der Waals surface area contributed by atoms with Crippen LogP contribution in [0.1, 0.15) is 35.2 Å². The zero-order valence-electron chi connectivity index (χ0n) is 12.0. The quantitative estimate of drug-likeness (QED) is 0.798. The van der Waals surface area contributed by atoms with Gasteiger partial charge in [0.05, 0.1) is 5.56 Å². The van der Waals surface area contributed by atoms with Gasteiger partial charge in [0, 0.05) is 17.5 Å². The first kappa shape index (κ1) is 15.7. The highest BCUT2D eigenvalue weighted by Gasteiger charge is 2.15. The normalized spacial score (nSPS) is 18.0. The van der Waals surface area contributed by atoms with E-state index in [0.29, 0.717) is 23.0 Å². The van der Waals surface area contributed by atoms with E-state index in [2.05, 4.69) is 10.6 Å². The third-order valence-electron chi connectivity index (χ3n) is 3.48. The van der Waals surface area contributed by atoms with Gasteiger partial charge >= 0.3 is 12.0 Å². The Hall–Kier alpha value is -1.69. The van der Waals surface area contributed by atoms with Gasteiger partial charge in [-0.05, 0) is 49.3 Å². The molecule has 1 aromatic carbocycles. The molecule has 6 heteroatoms. The summed E-state index contributed by atoms with van der Waals surface area (Å²) in [6.45, 7) is 2.38. The van der Waals surface area contributed by atoms with Crippen molar-refractivity contribution < 1.29 is 14.7 Å². The van der Waals surface area contributed by atoms with Crippen LogP contribution in [0.4, 0.5) is 10.5 Å². The van der Waals surface area contributed by atoms with Crippen molar-refractivity contribution in [1.82, 2.24) is 5.32 Å². The molecule has 21 heavy (non-hydrogen) atoms. The molecule has 0 aliphatic carbocycles. The van der Waals surface area contributed by atoms with Crippen molar-refractivity contribution in [3.8, 4) is 0 Å².